The van der Waals surface area contributed by atoms with E-state index >= 15 is 0 Å². The molecule has 2 aliphatic rings. The third kappa shape index (κ3) is 6.61. The molecule has 0 aromatic heterocycles. The average molecular weight is 334 g/mol. The van der Waals surface area contributed by atoms with Crippen LogP contribution < -0.4 is 5.32 Å². The number of allylic oxidation sites excluding steroid dienone is 1. The first-order valence-electron chi connectivity index (χ1n) is 10.5. The summed E-state index contributed by atoms with van der Waals surface area (Å²) in [6.45, 7) is 6.26. The molecule has 138 valence electrons. The molecular weight excluding hydrogens is 294 g/mol. The van der Waals surface area contributed by atoms with Crippen LogP contribution >= 0.6 is 0 Å². The van der Waals surface area contributed by atoms with E-state index in [1.165, 1.54) is 77.0 Å². The fourth-order valence-electron chi connectivity index (χ4n) is 4.87. The lowest BCUT2D eigenvalue weighted by molar-refractivity contribution is -0.117. The van der Waals surface area contributed by atoms with E-state index in [1.54, 1.807) is 6.08 Å². The van der Waals surface area contributed by atoms with E-state index in [0.29, 0.717) is 6.04 Å². The highest BCUT2D eigenvalue weighted by Crippen LogP contribution is 2.41. The van der Waals surface area contributed by atoms with Crippen LogP contribution in [0.3, 0.4) is 0 Å². The molecule has 0 heterocycles. The molecule has 0 unspecified atom stereocenters. The highest BCUT2D eigenvalue weighted by atomic mass is 16.1. The Kier molecular flexibility index (Phi) is 8.35. The third-order valence-corrected chi connectivity index (χ3v) is 6.31. The van der Waals surface area contributed by atoms with Gasteiger partial charge in [0.05, 0.1) is 0 Å². The number of carbonyl (C=O) groups is 1. The van der Waals surface area contributed by atoms with E-state index < -0.39 is 0 Å². The van der Waals surface area contributed by atoms with Crippen LogP contribution in [0.2, 0.25) is 0 Å². The summed E-state index contributed by atoms with van der Waals surface area (Å²) in [5.41, 5.74) is 1.08. The van der Waals surface area contributed by atoms with Crippen LogP contribution in [-0.4, -0.2) is 11.9 Å². The zero-order chi connectivity index (χ0) is 17.4. The Morgan fingerprint density at radius 1 is 0.917 bits per heavy atom. The van der Waals surface area contributed by atoms with Gasteiger partial charge in [0.2, 0.25) is 5.91 Å². The molecule has 2 fully saturated rings. The van der Waals surface area contributed by atoms with Gasteiger partial charge in [-0.15, -0.1) is 0 Å². The van der Waals surface area contributed by atoms with E-state index in [0.717, 1.165) is 23.3 Å². The minimum atomic E-state index is 0.103. The summed E-state index contributed by atoms with van der Waals surface area (Å²) in [6, 6.07) is 0.412. The first kappa shape index (κ1) is 19.5. The van der Waals surface area contributed by atoms with Crippen LogP contribution in [0.4, 0.5) is 0 Å². The van der Waals surface area contributed by atoms with Crippen molar-refractivity contribution in [1.82, 2.24) is 5.32 Å². The highest BCUT2D eigenvalue weighted by molar-refractivity contribution is 5.88. The molecule has 0 atom stereocenters. The summed E-state index contributed by atoms with van der Waals surface area (Å²) in [7, 11) is 0. The standard InChI is InChI=1S/C22H39NO/c1-4-5-6-7-18-8-10-19(11-9-18)20-12-14-21(15-13-20)23-22(24)16-17(2)3/h16,18-21H,4-15H2,1-3H3,(H,23,24). The van der Waals surface area contributed by atoms with Crippen molar-refractivity contribution in [2.75, 3.05) is 0 Å². The summed E-state index contributed by atoms with van der Waals surface area (Å²) in [5.74, 6) is 3.03. The summed E-state index contributed by atoms with van der Waals surface area (Å²) in [6.07, 6.45) is 18.3. The number of rotatable bonds is 7. The Morgan fingerprint density at radius 2 is 1.50 bits per heavy atom. The molecule has 1 amide bonds. The molecule has 0 spiro atoms. The molecule has 0 aliphatic heterocycles. The molecule has 0 aromatic carbocycles. The van der Waals surface area contributed by atoms with E-state index in [9.17, 15) is 4.79 Å². The monoisotopic (exact) mass is 333 g/mol. The van der Waals surface area contributed by atoms with Gasteiger partial charge < -0.3 is 5.32 Å². The molecule has 1 N–H and O–H groups in total. The van der Waals surface area contributed by atoms with E-state index in [2.05, 4.69) is 12.2 Å². The van der Waals surface area contributed by atoms with Gasteiger partial charge in [-0.2, -0.15) is 0 Å². The van der Waals surface area contributed by atoms with Crippen LogP contribution in [-0.2, 0) is 4.79 Å². The lowest BCUT2D eigenvalue weighted by Crippen LogP contribution is -2.38. The van der Waals surface area contributed by atoms with Crippen LogP contribution in [0.1, 0.15) is 97.8 Å². The molecule has 2 heteroatoms. The van der Waals surface area contributed by atoms with Crippen molar-refractivity contribution in [2.24, 2.45) is 17.8 Å². The molecular formula is C22H39NO. The van der Waals surface area contributed by atoms with Crippen LogP contribution in [0, 0.1) is 17.8 Å². The fraction of sp³-hybridized carbons (Fsp3) is 0.864. The van der Waals surface area contributed by atoms with Gasteiger partial charge in [0.15, 0.2) is 0 Å². The number of hydrogen-bond acceptors (Lipinski definition) is 1. The van der Waals surface area contributed by atoms with Crippen molar-refractivity contribution >= 4 is 5.91 Å². The van der Waals surface area contributed by atoms with Crippen molar-refractivity contribution < 1.29 is 4.79 Å². The predicted octanol–water partition coefficient (Wildman–Crippen LogP) is 6.01. The zero-order valence-electron chi connectivity index (χ0n) is 16.3. The maximum Gasteiger partial charge on any atom is 0.244 e. The summed E-state index contributed by atoms with van der Waals surface area (Å²) >= 11 is 0. The average Bonchev–Trinajstić information content (AvgIpc) is 2.56. The number of nitrogens with one attached hydrogen (secondary N) is 1. The topological polar surface area (TPSA) is 29.1 Å². The molecule has 2 rings (SSSR count). The van der Waals surface area contributed by atoms with Crippen molar-refractivity contribution in [3.05, 3.63) is 11.6 Å². The maximum atomic E-state index is 11.9. The highest BCUT2D eigenvalue weighted by Gasteiger charge is 2.30. The molecule has 24 heavy (non-hydrogen) atoms. The van der Waals surface area contributed by atoms with Gasteiger partial charge in [-0.05, 0) is 70.1 Å². The van der Waals surface area contributed by atoms with Gasteiger partial charge in [-0.1, -0.05) is 51.0 Å². The summed E-state index contributed by atoms with van der Waals surface area (Å²) in [5, 5.41) is 3.19. The maximum absolute atomic E-state index is 11.9. The first-order valence-corrected chi connectivity index (χ1v) is 10.5. The van der Waals surface area contributed by atoms with E-state index in [4.69, 9.17) is 0 Å². The van der Waals surface area contributed by atoms with E-state index in [1.807, 2.05) is 13.8 Å². The van der Waals surface area contributed by atoms with Crippen LogP contribution in [0.15, 0.2) is 11.6 Å². The normalized spacial score (nSPS) is 30.6. The molecule has 2 aliphatic carbocycles. The Balaban J connectivity index is 1.64. The molecule has 2 saturated carbocycles. The molecule has 0 radical (unpaired) electrons. The number of hydrogen-bond donors (Lipinski definition) is 1. The second-order valence-corrected chi connectivity index (χ2v) is 8.62. The Labute approximate surface area is 149 Å². The first-order chi connectivity index (χ1) is 11.6. The van der Waals surface area contributed by atoms with Crippen molar-refractivity contribution in [2.45, 2.75) is 104 Å². The molecule has 0 bridgehead atoms. The van der Waals surface area contributed by atoms with Crippen molar-refractivity contribution in [1.29, 1.82) is 0 Å². The lowest BCUT2D eigenvalue weighted by atomic mass is 9.69. The Bertz CT molecular complexity index is 394. The van der Waals surface area contributed by atoms with Crippen molar-refractivity contribution in [3.8, 4) is 0 Å². The molecule has 0 aromatic rings. The predicted molar refractivity (Wildman–Crippen MR) is 103 cm³/mol. The Hall–Kier alpha value is -0.790. The largest absolute Gasteiger partial charge is 0.350 e. The zero-order valence-corrected chi connectivity index (χ0v) is 16.3. The van der Waals surface area contributed by atoms with Crippen LogP contribution in [0.25, 0.3) is 0 Å². The Morgan fingerprint density at radius 3 is 2.04 bits per heavy atom. The van der Waals surface area contributed by atoms with Gasteiger partial charge in [-0.25, -0.2) is 0 Å². The van der Waals surface area contributed by atoms with Gasteiger partial charge in [0.1, 0.15) is 0 Å². The van der Waals surface area contributed by atoms with Crippen LogP contribution in [0.5, 0.6) is 0 Å². The minimum absolute atomic E-state index is 0.103. The quantitative estimate of drug-likeness (QED) is 0.448. The third-order valence-electron chi connectivity index (χ3n) is 6.31. The van der Waals surface area contributed by atoms with Crippen molar-refractivity contribution in [3.63, 3.8) is 0 Å². The molecule has 0 saturated heterocycles. The minimum Gasteiger partial charge on any atom is -0.350 e. The summed E-state index contributed by atoms with van der Waals surface area (Å²) in [4.78, 5) is 11.9. The smallest absolute Gasteiger partial charge is 0.244 e. The van der Waals surface area contributed by atoms with Gasteiger partial charge in [0, 0.05) is 12.1 Å². The van der Waals surface area contributed by atoms with Gasteiger partial charge in [0.25, 0.3) is 0 Å². The fourth-order valence-corrected chi connectivity index (χ4v) is 4.87. The number of unbranched alkanes of at least 4 members (excludes halogenated alkanes) is 2. The van der Waals surface area contributed by atoms with Gasteiger partial charge in [-0.3, -0.25) is 4.79 Å². The second-order valence-electron chi connectivity index (χ2n) is 8.62. The molecule has 2 nitrogen and oxygen atoms in total. The SMILES string of the molecule is CCCCCC1CCC(C2CCC(NC(=O)C=C(C)C)CC2)CC1. The van der Waals surface area contributed by atoms with Gasteiger partial charge >= 0.3 is 0 Å². The number of carbonyl (C=O) groups excluding carboxylic acids is 1. The second kappa shape index (κ2) is 10.3. The summed E-state index contributed by atoms with van der Waals surface area (Å²) < 4.78 is 0. The lowest BCUT2D eigenvalue weighted by Gasteiger charge is -2.38. The van der Waals surface area contributed by atoms with E-state index in [-0.39, 0.29) is 5.91 Å². The number of amides is 1.